The summed E-state index contributed by atoms with van der Waals surface area (Å²) in [5.74, 6) is 0.576. The quantitative estimate of drug-likeness (QED) is 0.284. The molecule has 0 saturated carbocycles. The lowest BCUT2D eigenvalue weighted by Gasteiger charge is -2.23. The van der Waals surface area contributed by atoms with E-state index >= 15 is 0 Å². The Balaban J connectivity index is 1.56. The third-order valence-electron chi connectivity index (χ3n) is 6.59. The van der Waals surface area contributed by atoms with Crippen molar-refractivity contribution in [1.29, 1.82) is 0 Å². The van der Waals surface area contributed by atoms with Crippen molar-refractivity contribution in [2.24, 2.45) is 0 Å². The highest BCUT2D eigenvalue weighted by Gasteiger charge is 2.33. The fourth-order valence-corrected chi connectivity index (χ4v) is 4.84. The number of allylic oxidation sites excluding steroid dienone is 2. The van der Waals surface area contributed by atoms with Gasteiger partial charge in [-0.2, -0.15) is 9.78 Å². The van der Waals surface area contributed by atoms with Gasteiger partial charge in [0, 0.05) is 28.9 Å². The Morgan fingerprint density at radius 1 is 0.730 bits per heavy atom. The number of methoxy groups -OCH3 is 1. The molecule has 1 aliphatic heterocycles. The Kier molecular flexibility index (Phi) is 5.87. The summed E-state index contributed by atoms with van der Waals surface area (Å²) in [6.45, 7) is 0. The lowest BCUT2D eigenvalue weighted by molar-refractivity contribution is 0.0958. The zero-order valence-corrected chi connectivity index (χ0v) is 20.4. The lowest BCUT2D eigenvalue weighted by atomic mass is 9.92. The molecule has 2 heterocycles. The summed E-state index contributed by atoms with van der Waals surface area (Å²) in [5, 5.41) is 8.45. The molecule has 6 rings (SSSR count). The normalized spacial score (nSPS) is 12.8. The van der Waals surface area contributed by atoms with Crippen molar-refractivity contribution in [2.45, 2.75) is 6.42 Å². The molecular weight excluding hydrogens is 458 g/mol. The maximum absolute atomic E-state index is 14.2. The zero-order valence-electron chi connectivity index (χ0n) is 20.4. The number of carbonyl (C=O) groups excluding carboxylic acids is 1. The summed E-state index contributed by atoms with van der Waals surface area (Å²) in [4.78, 5) is 14.2. The number of ether oxygens (including phenoxy) is 1. The highest BCUT2D eigenvalue weighted by molar-refractivity contribution is 6.23. The fourth-order valence-electron chi connectivity index (χ4n) is 4.84. The smallest absolute Gasteiger partial charge is 0.280 e. The summed E-state index contributed by atoms with van der Waals surface area (Å²) < 4.78 is 6.93. The van der Waals surface area contributed by atoms with Crippen LogP contribution in [0.25, 0.3) is 28.0 Å². The van der Waals surface area contributed by atoms with Gasteiger partial charge in [-0.05, 0) is 35.4 Å². The second-order valence-electron chi connectivity index (χ2n) is 8.87. The first kappa shape index (κ1) is 22.6. The van der Waals surface area contributed by atoms with Crippen LogP contribution in [0.4, 0.5) is 5.69 Å². The molecule has 37 heavy (non-hydrogen) atoms. The second kappa shape index (κ2) is 9.63. The minimum absolute atomic E-state index is 0.163. The number of nitrogens with zero attached hydrogens (tertiary/aromatic N) is 2. The molecule has 0 spiro atoms. The van der Waals surface area contributed by atoms with Crippen LogP contribution in [0.1, 0.15) is 16.1 Å². The summed E-state index contributed by atoms with van der Waals surface area (Å²) in [6.07, 6.45) is 0.520. The van der Waals surface area contributed by atoms with E-state index in [1.54, 1.807) is 11.8 Å². The van der Waals surface area contributed by atoms with Crippen LogP contribution in [0.5, 0.6) is 5.75 Å². The number of hydrogen-bond acceptors (Lipinski definition) is 4. The van der Waals surface area contributed by atoms with Crippen molar-refractivity contribution in [3.8, 4) is 28.1 Å². The van der Waals surface area contributed by atoms with Gasteiger partial charge in [0.2, 0.25) is 0 Å². The molecule has 5 heteroatoms. The van der Waals surface area contributed by atoms with Crippen molar-refractivity contribution in [3.05, 3.63) is 132 Å². The number of benzene rings is 4. The van der Waals surface area contributed by atoms with E-state index < -0.39 is 0 Å². The van der Waals surface area contributed by atoms with Gasteiger partial charge in [0.15, 0.2) is 0 Å². The molecule has 0 unspecified atom stereocenters. The summed E-state index contributed by atoms with van der Waals surface area (Å²) in [7, 11) is 1.63. The topological polar surface area (TPSA) is 56.1 Å². The van der Waals surface area contributed by atoms with Gasteiger partial charge in [0.1, 0.15) is 11.4 Å². The van der Waals surface area contributed by atoms with Gasteiger partial charge >= 0.3 is 0 Å². The number of hydrogen-bond donors (Lipinski definition) is 1. The van der Waals surface area contributed by atoms with E-state index in [2.05, 4.69) is 17.4 Å². The predicted molar refractivity (Wildman–Crippen MR) is 147 cm³/mol. The Morgan fingerprint density at radius 2 is 1.32 bits per heavy atom. The maximum Gasteiger partial charge on any atom is 0.280 e. The molecule has 0 bridgehead atoms. The van der Waals surface area contributed by atoms with E-state index in [1.807, 2.05) is 103 Å². The van der Waals surface area contributed by atoms with Gasteiger partial charge in [-0.25, -0.2) is 0 Å². The molecule has 180 valence electrons. The molecule has 1 aromatic heterocycles. The Labute approximate surface area is 215 Å². The van der Waals surface area contributed by atoms with Crippen LogP contribution in [0.2, 0.25) is 0 Å². The number of aromatic nitrogens is 2. The van der Waals surface area contributed by atoms with Crippen molar-refractivity contribution in [1.82, 2.24) is 9.78 Å². The average Bonchev–Trinajstić information content (AvgIpc) is 3.35. The van der Waals surface area contributed by atoms with Crippen molar-refractivity contribution < 1.29 is 9.53 Å². The van der Waals surface area contributed by atoms with Gasteiger partial charge in [-0.1, -0.05) is 91.0 Å². The molecule has 1 N–H and O–H groups in total. The number of rotatable bonds is 6. The van der Waals surface area contributed by atoms with Gasteiger partial charge in [-0.15, -0.1) is 0 Å². The zero-order chi connectivity index (χ0) is 25.2. The molecule has 0 aliphatic carbocycles. The molecule has 4 aromatic carbocycles. The first-order valence-electron chi connectivity index (χ1n) is 12.2. The molecule has 1 aliphatic rings. The largest absolute Gasteiger partial charge is 0.497 e. The number of anilines is 1. The first-order valence-corrected chi connectivity index (χ1v) is 12.2. The highest BCUT2D eigenvalue weighted by Crippen LogP contribution is 2.40. The Hall–Kier alpha value is -4.90. The number of fused-ring (bicyclic) bond motifs is 1. The van der Waals surface area contributed by atoms with E-state index in [0.29, 0.717) is 12.0 Å². The third kappa shape index (κ3) is 4.21. The van der Waals surface area contributed by atoms with Crippen LogP contribution in [0.15, 0.2) is 121 Å². The van der Waals surface area contributed by atoms with E-state index in [-0.39, 0.29) is 5.91 Å². The van der Waals surface area contributed by atoms with Crippen LogP contribution >= 0.6 is 0 Å². The van der Waals surface area contributed by atoms with Crippen LogP contribution < -0.4 is 10.1 Å². The monoisotopic (exact) mass is 483 g/mol. The Morgan fingerprint density at radius 3 is 1.95 bits per heavy atom. The molecule has 5 nitrogen and oxygen atoms in total. The maximum atomic E-state index is 14.2. The van der Waals surface area contributed by atoms with E-state index in [4.69, 9.17) is 9.84 Å². The summed E-state index contributed by atoms with van der Waals surface area (Å²) in [5.41, 5.74) is 7.81. The minimum atomic E-state index is -0.163. The van der Waals surface area contributed by atoms with E-state index in [9.17, 15) is 4.79 Å². The van der Waals surface area contributed by atoms with Gasteiger partial charge in [-0.3, -0.25) is 4.79 Å². The highest BCUT2D eigenvalue weighted by atomic mass is 16.5. The molecule has 0 atom stereocenters. The van der Waals surface area contributed by atoms with E-state index in [1.165, 1.54) is 0 Å². The van der Waals surface area contributed by atoms with Crippen LogP contribution in [0, 0.1) is 0 Å². The SMILES string of the molecule is COc1ccc(C2=C(Nc3ccccc3)Cc3c(-c4ccccc4)c(-c4ccccc4)nn3C2=O)cc1. The van der Waals surface area contributed by atoms with Gasteiger partial charge < -0.3 is 10.1 Å². The number of carbonyl (C=O) groups is 1. The van der Waals surface area contributed by atoms with Gasteiger partial charge in [0.05, 0.1) is 18.4 Å². The van der Waals surface area contributed by atoms with Crippen molar-refractivity contribution in [2.75, 3.05) is 12.4 Å². The molecule has 0 amide bonds. The summed E-state index contributed by atoms with van der Waals surface area (Å²) >= 11 is 0. The molecular formula is C32H25N3O2. The molecule has 5 aromatic rings. The second-order valence-corrected chi connectivity index (χ2v) is 8.87. The van der Waals surface area contributed by atoms with Crippen LogP contribution in [0.3, 0.4) is 0 Å². The van der Waals surface area contributed by atoms with Crippen molar-refractivity contribution in [3.63, 3.8) is 0 Å². The fraction of sp³-hybridized carbons (Fsp3) is 0.0625. The van der Waals surface area contributed by atoms with E-state index in [0.717, 1.165) is 50.8 Å². The average molecular weight is 484 g/mol. The van der Waals surface area contributed by atoms with Crippen LogP contribution in [-0.4, -0.2) is 22.8 Å². The predicted octanol–water partition coefficient (Wildman–Crippen LogP) is 6.95. The lowest BCUT2D eigenvalue weighted by Crippen LogP contribution is -2.26. The molecule has 0 radical (unpaired) electrons. The molecule has 0 saturated heterocycles. The van der Waals surface area contributed by atoms with Gasteiger partial charge in [0.25, 0.3) is 5.91 Å². The van der Waals surface area contributed by atoms with Crippen molar-refractivity contribution >= 4 is 17.2 Å². The minimum Gasteiger partial charge on any atom is -0.497 e. The summed E-state index contributed by atoms with van der Waals surface area (Å²) in [6, 6.07) is 37.7. The first-order chi connectivity index (χ1) is 18.2. The number of para-hydroxylation sites is 1. The van der Waals surface area contributed by atoms with Crippen LogP contribution in [-0.2, 0) is 6.42 Å². The number of nitrogens with one attached hydrogen (secondary N) is 1. The standard InChI is InChI=1S/C32H25N3O2/c1-37-26-19-17-23(18-20-26)29-27(33-25-15-9-4-10-16-25)21-28-30(22-11-5-2-6-12-22)31(34-35(28)32(29)36)24-13-7-3-8-14-24/h2-20,33H,21H2,1H3. The third-order valence-corrected chi connectivity index (χ3v) is 6.59. The molecule has 0 fully saturated rings. The Bertz CT molecular complexity index is 1590.